The van der Waals surface area contributed by atoms with E-state index in [1.807, 2.05) is 36.4 Å². The largest absolute Gasteiger partial charge is 0.344 e. The first-order valence-corrected chi connectivity index (χ1v) is 11.1. The molecule has 1 aliphatic heterocycles. The number of aromatic nitrogens is 2. The molecule has 1 aliphatic rings. The molecule has 154 valence electrons. The van der Waals surface area contributed by atoms with Crippen LogP contribution in [0.25, 0.3) is 20.7 Å². The average Bonchev–Trinajstić information content (AvgIpc) is 3.28. The van der Waals surface area contributed by atoms with Crippen LogP contribution in [0, 0.1) is 0 Å². The monoisotopic (exact) mass is 441 g/mol. The topological polar surface area (TPSA) is 104 Å². The maximum absolute atomic E-state index is 12.4. The van der Waals surface area contributed by atoms with E-state index in [0.717, 1.165) is 25.7 Å². The molecule has 1 unspecified atom stereocenters. The number of thiophene rings is 1. The van der Waals surface area contributed by atoms with Gasteiger partial charge in [-0.25, -0.2) is 14.8 Å². The summed E-state index contributed by atoms with van der Waals surface area (Å²) in [6, 6.07) is 11.4. The van der Waals surface area contributed by atoms with Crippen molar-refractivity contribution in [3.05, 3.63) is 42.7 Å². The van der Waals surface area contributed by atoms with Crippen LogP contribution >= 0.6 is 23.1 Å². The van der Waals surface area contributed by atoms with Gasteiger partial charge in [0.15, 0.2) is 0 Å². The third-order valence-electron chi connectivity index (χ3n) is 4.90. The van der Waals surface area contributed by atoms with E-state index in [1.54, 1.807) is 25.2 Å². The van der Waals surface area contributed by atoms with E-state index in [-0.39, 0.29) is 5.75 Å². The van der Waals surface area contributed by atoms with E-state index in [0.29, 0.717) is 11.4 Å². The van der Waals surface area contributed by atoms with Crippen LogP contribution in [0.3, 0.4) is 0 Å². The zero-order valence-corrected chi connectivity index (χ0v) is 18.0. The molecule has 0 bridgehead atoms. The zero-order valence-electron chi connectivity index (χ0n) is 16.3. The summed E-state index contributed by atoms with van der Waals surface area (Å²) < 4.78 is 0. The molecule has 4 rings (SSSR count). The Morgan fingerprint density at radius 1 is 1.27 bits per heavy atom. The molecule has 2 N–H and O–H groups in total. The van der Waals surface area contributed by atoms with Crippen molar-refractivity contribution in [2.75, 3.05) is 5.75 Å². The number of carbonyl (C=O) groups excluding carboxylic acids is 3. The summed E-state index contributed by atoms with van der Waals surface area (Å²) in [7, 11) is 0. The lowest BCUT2D eigenvalue weighted by Gasteiger charge is -2.19. The molecule has 2 aromatic heterocycles. The average molecular weight is 442 g/mol. The molecule has 0 radical (unpaired) electrons. The Labute approximate surface area is 181 Å². The fourth-order valence-electron chi connectivity index (χ4n) is 3.01. The first-order chi connectivity index (χ1) is 14.4. The molecule has 4 amide bonds. The second-order valence-corrected chi connectivity index (χ2v) is 8.95. The molecule has 1 atom stereocenters. The minimum Gasteiger partial charge on any atom is -0.322 e. The maximum atomic E-state index is 12.4. The number of hydrogen-bond donors (Lipinski definition) is 2. The van der Waals surface area contributed by atoms with Crippen LogP contribution in [0.15, 0.2) is 47.8 Å². The number of rotatable bonds is 6. The Morgan fingerprint density at radius 2 is 2.03 bits per heavy atom. The molecule has 0 aliphatic carbocycles. The summed E-state index contributed by atoms with van der Waals surface area (Å²) in [5, 5.41) is 4.89. The quantitative estimate of drug-likeness (QED) is 0.346. The van der Waals surface area contributed by atoms with Crippen LogP contribution in [0.5, 0.6) is 0 Å². The summed E-state index contributed by atoms with van der Waals surface area (Å²) >= 11 is 2.79. The highest BCUT2D eigenvalue weighted by Gasteiger charge is 2.47. The molecule has 30 heavy (non-hydrogen) atoms. The Balaban J connectivity index is 1.46. The van der Waals surface area contributed by atoms with Crippen LogP contribution in [0.4, 0.5) is 4.79 Å². The number of imide groups is 1. The van der Waals surface area contributed by atoms with Gasteiger partial charge < -0.3 is 5.32 Å². The van der Waals surface area contributed by atoms with E-state index in [2.05, 4.69) is 20.7 Å². The summed E-state index contributed by atoms with van der Waals surface area (Å²) in [5.41, 5.74) is 2.48. The molecule has 1 aromatic carbocycles. The second kappa shape index (κ2) is 8.04. The summed E-state index contributed by atoms with van der Waals surface area (Å²) in [6.45, 7) is 3.43. The third kappa shape index (κ3) is 3.75. The highest BCUT2D eigenvalue weighted by molar-refractivity contribution is 8.00. The highest BCUT2D eigenvalue weighted by Crippen LogP contribution is 2.36. The molecule has 0 spiro atoms. The fraction of sp³-hybridized carbons (Fsp3) is 0.250. The lowest BCUT2D eigenvalue weighted by molar-refractivity contribution is -0.137. The van der Waals surface area contributed by atoms with E-state index in [9.17, 15) is 14.4 Å². The molecule has 3 heterocycles. The molecule has 8 nitrogen and oxygen atoms in total. The van der Waals surface area contributed by atoms with E-state index >= 15 is 0 Å². The number of benzene rings is 1. The van der Waals surface area contributed by atoms with Crippen molar-refractivity contribution < 1.29 is 14.4 Å². The Bertz CT molecular complexity index is 1130. The predicted octanol–water partition coefficient (Wildman–Crippen LogP) is 3.20. The number of amides is 4. The highest BCUT2D eigenvalue weighted by atomic mass is 32.2. The number of hydrazine groups is 1. The number of fused-ring (bicyclic) bond motifs is 1. The molecular weight excluding hydrogens is 422 g/mol. The Kier molecular flexibility index (Phi) is 5.44. The summed E-state index contributed by atoms with van der Waals surface area (Å²) in [5.74, 6) is -0.931. The van der Waals surface area contributed by atoms with Crippen molar-refractivity contribution in [3.8, 4) is 10.4 Å². The summed E-state index contributed by atoms with van der Waals surface area (Å²) in [4.78, 5) is 47.3. The Hall–Kier alpha value is -2.98. The van der Waals surface area contributed by atoms with E-state index in [4.69, 9.17) is 0 Å². The zero-order chi connectivity index (χ0) is 21.3. The van der Waals surface area contributed by atoms with Gasteiger partial charge in [0.1, 0.15) is 21.7 Å². The summed E-state index contributed by atoms with van der Waals surface area (Å²) in [6.07, 6.45) is 1.90. The van der Waals surface area contributed by atoms with Gasteiger partial charge in [0.25, 0.3) is 5.91 Å². The number of urea groups is 1. The lowest BCUT2D eigenvalue weighted by atomic mass is 10.00. The van der Waals surface area contributed by atoms with Crippen LogP contribution in [-0.2, 0) is 9.59 Å². The maximum Gasteiger partial charge on any atom is 0.344 e. The standard InChI is InChI=1S/C20H19N5O3S2/c1-3-20(2)18(27)25(19(28)23-20)24-15(26)10-29-16-13-9-14(12-7-5-4-6-8-12)30-17(13)22-11-21-16/h4-9,11H,3,10H2,1-2H3,(H,23,28)(H,24,26). The fourth-order valence-corrected chi connectivity index (χ4v) is 4.84. The van der Waals surface area contributed by atoms with Gasteiger partial charge in [0, 0.05) is 10.3 Å². The van der Waals surface area contributed by atoms with Gasteiger partial charge in [0.05, 0.1) is 5.75 Å². The van der Waals surface area contributed by atoms with Gasteiger partial charge in [-0.3, -0.25) is 15.0 Å². The Morgan fingerprint density at radius 3 is 2.73 bits per heavy atom. The number of nitrogens with one attached hydrogen (secondary N) is 2. The van der Waals surface area contributed by atoms with Crippen molar-refractivity contribution in [3.63, 3.8) is 0 Å². The van der Waals surface area contributed by atoms with Crippen LogP contribution in [-0.4, -0.2) is 44.1 Å². The van der Waals surface area contributed by atoms with Crippen LogP contribution in [0.2, 0.25) is 0 Å². The normalized spacial score (nSPS) is 18.7. The van der Waals surface area contributed by atoms with E-state index < -0.39 is 23.4 Å². The molecular formula is C20H19N5O3S2. The van der Waals surface area contributed by atoms with Crippen molar-refractivity contribution in [1.29, 1.82) is 0 Å². The van der Waals surface area contributed by atoms with Crippen molar-refractivity contribution >= 4 is 51.2 Å². The first-order valence-electron chi connectivity index (χ1n) is 9.30. The number of nitrogens with zero attached hydrogens (tertiary/aromatic N) is 3. The molecule has 1 saturated heterocycles. The molecule has 0 saturated carbocycles. The van der Waals surface area contributed by atoms with Gasteiger partial charge >= 0.3 is 6.03 Å². The van der Waals surface area contributed by atoms with Crippen molar-refractivity contribution in [1.82, 2.24) is 25.7 Å². The van der Waals surface area contributed by atoms with Gasteiger partial charge in [-0.05, 0) is 25.0 Å². The third-order valence-corrected chi connectivity index (χ3v) is 6.99. The number of carbonyl (C=O) groups is 3. The smallest absolute Gasteiger partial charge is 0.322 e. The van der Waals surface area contributed by atoms with E-state index in [1.165, 1.54) is 18.1 Å². The minimum atomic E-state index is -0.999. The van der Waals surface area contributed by atoms with Crippen LogP contribution < -0.4 is 10.7 Å². The molecule has 3 aromatic rings. The minimum absolute atomic E-state index is 0.00251. The van der Waals surface area contributed by atoms with Gasteiger partial charge in [-0.2, -0.15) is 5.01 Å². The number of thioether (sulfide) groups is 1. The molecule has 10 heteroatoms. The van der Waals surface area contributed by atoms with Gasteiger partial charge in [-0.1, -0.05) is 49.0 Å². The first kappa shape index (κ1) is 20.3. The predicted molar refractivity (Wildman–Crippen MR) is 116 cm³/mol. The van der Waals surface area contributed by atoms with Gasteiger partial charge in [-0.15, -0.1) is 11.3 Å². The van der Waals surface area contributed by atoms with Crippen molar-refractivity contribution in [2.24, 2.45) is 0 Å². The second-order valence-electron chi connectivity index (χ2n) is 6.95. The molecule has 1 fully saturated rings. The van der Waals surface area contributed by atoms with Crippen LogP contribution in [0.1, 0.15) is 20.3 Å². The SMILES string of the molecule is CCC1(C)NC(=O)N(NC(=O)CSc2ncnc3sc(-c4ccccc4)cc23)C1=O. The van der Waals surface area contributed by atoms with Gasteiger partial charge in [0.2, 0.25) is 5.91 Å². The lowest BCUT2D eigenvalue weighted by Crippen LogP contribution is -2.49. The van der Waals surface area contributed by atoms with Crippen molar-refractivity contribution in [2.45, 2.75) is 30.8 Å². The number of hydrogen-bond acceptors (Lipinski definition) is 7.